The van der Waals surface area contributed by atoms with Gasteiger partial charge in [0.2, 0.25) is 0 Å². The number of hydrogen-bond acceptors (Lipinski definition) is 2. The monoisotopic (exact) mass is 163 g/mol. The molecule has 0 aliphatic rings. The van der Waals surface area contributed by atoms with Crippen molar-refractivity contribution >= 4 is 0 Å². The fraction of sp³-hybridized carbons (Fsp3) is 0.300. The van der Waals surface area contributed by atoms with Crippen molar-refractivity contribution < 1.29 is 4.74 Å². The van der Waals surface area contributed by atoms with Crippen LogP contribution in [-0.4, -0.2) is 0 Å². The van der Waals surface area contributed by atoms with Gasteiger partial charge in [0.15, 0.2) is 0 Å². The van der Waals surface area contributed by atoms with Gasteiger partial charge in [-0.15, -0.1) is 5.26 Å². The third-order valence-corrected chi connectivity index (χ3v) is 1.22. The van der Waals surface area contributed by atoms with Crippen molar-refractivity contribution in [3.63, 3.8) is 0 Å². The van der Waals surface area contributed by atoms with Crippen molar-refractivity contribution in [1.82, 2.24) is 0 Å². The summed E-state index contributed by atoms with van der Waals surface area (Å²) in [5.41, 5.74) is 0. The smallest absolute Gasteiger partial charge is 0.292 e. The molecule has 2 heteroatoms. The van der Waals surface area contributed by atoms with Crippen molar-refractivity contribution in [2.24, 2.45) is 0 Å². The highest BCUT2D eigenvalue weighted by Crippen LogP contribution is 1.98. The van der Waals surface area contributed by atoms with Gasteiger partial charge in [-0.1, -0.05) is 32.1 Å². The van der Waals surface area contributed by atoms with Gasteiger partial charge in [-0.2, -0.15) is 0 Å². The fourth-order valence-corrected chi connectivity index (χ4v) is 0.622. The lowest BCUT2D eigenvalue weighted by molar-refractivity contribution is 0.393. The zero-order chi connectivity index (χ0) is 9.23. The molecule has 0 bridgehead atoms. The van der Waals surface area contributed by atoms with Gasteiger partial charge < -0.3 is 4.74 Å². The van der Waals surface area contributed by atoms with E-state index in [4.69, 9.17) is 5.26 Å². The average molecular weight is 163 g/mol. The molecular weight excluding hydrogens is 150 g/mol. The predicted octanol–water partition coefficient (Wildman–Crippen LogP) is 2.91. The van der Waals surface area contributed by atoms with Crippen LogP contribution < -0.4 is 0 Å². The van der Waals surface area contributed by atoms with Crippen LogP contribution in [0.2, 0.25) is 0 Å². The largest absolute Gasteiger partial charge is 0.388 e. The van der Waals surface area contributed by atoms with Gasteiger partial charge in [0, 0.05) is 0 Å². The van der Waals surface area contributed by atoms with Crippen molar-refractivity contribution in [3.8, 4) is 6.26 Å². The number of unbranched alkanes of at least 4 members (excludes halogenated alkanes) is 1. The number of nitriles is 1. The highest BCUT2D eigenvalue weighted by Gasteiger charge is 1.85. The van der Waals surface area contributed by atoms with E-state index in [1.54, 1.807) is 12.3 Å². The molecule has 0 amide bonds. The Labute approximate surface area is 73.5 Å². The average Bonchev–Trinajstić information content (AvgIpc) is 2.10. The van der Waals surface area contributed by atoms with Crippen LogP contribution in [0.25, 0.3) is 0 Å². The maximum absolute atomic E-state index is 8.19. The number of nitrogens with zero attached hydrogens (tertiary/aromatic N) is 1. The summed E-state index contributed by atoms with van der Waals surface area (Å²) in [5, 5.41) is 8.19. The second-order valence-corrected chi connectivity index (χ2v) is 2.18. The van der Waals surface area contributed by atoms with Crippen molar-refractivity contribution in [3.05, 3.63) is 36.6 Å². The molecule has 0 heterocycles. The molecule has 0 N–H and O–H groups in total. The Morgan fingerprint density at radius 3 is 2.92 bits per heavy atom. The molecule has 0 spiro atoms. The first kappa shape index (κ1) is 10.5. The zero-order valence-electron chi connectivity index (χ0n) is 7.29. The Kier molecular flexibility index (Phi) is 6.67. The minimum atomic E-state index is 0.477. The van der Waals surface area contributed by atoms with Crippen LogP contribution in [0.5, 0.6) is 0 Å². The van der Waals surface area contributed by atoms with E-state index in [-0.39, 0.29) is 0 Å². The summed E-state index contributed by atoms with van der Waals surface area (Å²) in [5.74, 6) is 0.477. The minimum absolute atomic E-state index is 0.477. The molecule has 0 aliphatic heterocycles. The first-order valence-electron chi connectivity index (χ1n) is 3.90. The second kappa shape index (κ2) is 7.62. The SMILES string of the molecule is C=C/C(=C\C=C/CCC)OC#N. The van der Waals surface area contributed by atoms with Gasteiger partial charge in [-0.25, -0.2) is 0 Å². The molecule has 0 unspecified atom stereocenters. The predicted molar refractivity (Wildman–Crippen MR) is 49.0 cm³/mol. The van der Waals surface area contributed by atoms with Crippen molar-refractivity contribution in [2.75, 3.05) is 0 Å². The van der Waals surface area contributed by atoms with Crippen LogP contribution in [-0.2, 0) is 4.74 Å². The third-order valence-electron chi connectivity index (χ3n) is 1.22. The van der Waals surface area contributed by atoms with E-state index >= 15 is 0 Å². The van der Waals surface area contributed by atoms with E-state index in [0.29, 0.717) is 5.76 Å². The quantitative estimate of drug-likeness (QED) is 0.354. The lowest BCUT2D eigenvalue weighted by atomic mass is 10.3. The molecule has 0 saturated heterocycles. The normalized spacial score (nSPS) is 11.2. The van der Waals surface area contributed by atoms with Crippen molar-refractivity contribution in [1.29, 1.82) is 5.26 Å². The van der Waals surface area contributed by atoms with E-state index < -0.39 is 0 Å². The molecule has 2 nitrogen and oxygen atoms in total. The highest BCUT2D eigenvalue weighted by molar-refractivity contribution is 5.17. The maximum Gasteiger partial charge on any atom is 0.292 e. The molecule has 0 rings (SSSR count). The summed E-state index contributed by atoms with van der Waals surface area (Å²) < 4.78 is 4.57. The van der Waals surface area contributed by atoms with E-state index in [1.807, 2.05) is 12.2 Å². The topological polar surface area (TPSA) is 33.0 Å². The Balaban J connectivity index is 3.94. The third kappa shape index (κ3) is 5.31. The molecule has 0 aliphatic carbocycles. The molecule has 0 aromatic rings. The Morgan fingerprint density at radius 2 is 2.42 bits per heavy atom. The molecular formula is C10H13NO. The summed E-state index contributed by atoms with van der Waals surface area (Å²) in [4.78, 5) is 0. The standard InChI is InChI=1S/C10H13NO/c1-3-5-6-7-8-10(4-2)12-9-11/h4,6-8H,2-3,5H2,1H3/b7-6-,10-8+. The molecule has 0 radical (unpaired) electrons. The number of ether oxygens (including phenoxy) is 1. The summed E-state index contributed by atoms with van der Waals surface area (Å²) in [6, 6.07) is 0. The van der Waals surface area contributed by atoms with E-state index in [0.717, 1.165) is 12.8 Å². The summed E-state index contributed by atoms with van der Waals surface area (Å²) in [6.07, 6.45) is 10.8. The lowest BCUT2D eigenvalue weighted by Gasteiger charge is -1.91. The Bertz CT molecular complexity index is 220. The lowest BCUT2D eigenvalue weighted by Crippen LogP contribution is -1.77. The zero-order valence-corrected chi connectivity index (χ0v) is 7.29. The molecule has 0 atom stereocenters. The number of hydrogen-bond donors (Lipinski definition) is 0. The van der Waals surface area contributed by atoms with Gasteiger partial charge in [0.25, 0.3) is 6.26 Å². The number of allylic oxidation sites excluding steroid dienone is 4. The van der Waals surface area contributed by atoms with Gasteiger partial charge in [-0.05, 0) is 18.6 Å². The highest BCUT2D eigenvalue weighted by atomic mass is 16.5. The Hall–Kier alpha value is -1.49. The van der Waals surface area contributed by atoms with Gasteiger partial charge >= 0.3 is 0 Å². The molecule has 0 fully saturated rings. The van der Waals surface area contributed by atoms with Crippen LogP contribution >= 0.6 is 0 Å². The molecule has 0 aromatic carbocycles. The second-order valence-electron chi connectivity index (χ2n) is 2.18. The van der Waals surface area contributed by atoms with Gasteiger partial charge in [-0.3, -0.25) is 0 Å². The first-order chi connectivity index (χ1) is 5.85. The maximum atomic E-state index is 8.19. The molecule has 0 aromatic heterocycles. The van der Waals surface area contributed by atoms with Gasteiger partial charge in [0.05, 0.1) is 0 Å². The van der Waals surface area contributed by atoms with E-state index in [1.165, 1.54) is 6.08 Å². The fourth-order valence-electron chi connectivity index (χ4n) is 0.622. The first-order valence-corrected chi connectivity index (χ1v) is 3.90. The van der Waals surface area contributed by atoms with E-state index in [2.05, 4.69) is 18.2 Å². The van der Waals surface area contributed by atoms with Crippen LogP contribution in [0, 0.1) is 11.5 Å². The molecule has 12 heavy (non-hydrogen) atoms. The van der Waals surface area contributed by atoms with Crippen LogP contribution in [0.15, 0.2) is 36.6 Å². The van der Waals surface area contributed by atoms with Crippen LogP contribution in [0.1, 0.15) is 19.8 Å². The van der Waals surface area contributed by atoms with Crippen molar-refractivity contribution in [2.45, 2.75) is 19.8 Å². The summed E-state index contributed by atoms with van der Waals surface area (Å²) in [7, 11) is 0. The van der Waals surface area contributed by atoms with E-state index in [9.17, 15) is 0 Å². The summed E-state index contributed by atoms with van der Waals surface area (Å²) in [6.45, 7) is 5.61. The van der Waals surface area contributed by atoms with Crippen LogP contribution in [0.3, 0.4) is 0 Å². The van der Waals surface area contributed by atoms with Gasteiger partial charge in [0.1, 0.15) is 5.76 Å². The van der Waals surface area contributed by atoms with Crippen LogP contribution in [0.4, 0.5) is 0 Å². The molecule has 64 valence electrons. The minimum Gasteiger partial charge on any atom is -0.388 e. The summed E-state index contributed by atoms with van der Waals surface area (Å²) >= 11 is 0. The number of rotatable bonds is 5. The Morgan fingerprint density at radius 1 is 1.67 bits per heavy atom. The molecule has 0 saturated carbocycles.